The van der Waals surface area contributed by atoms with Crippen LogP contribution in [0.2, 0.25) is 0 Å². The summed E-state index contributed by atoms with van der Waals surface area (Å²) in [6.07, 6.45) is 18.9. The topological polar surface area (TPSA) is 119 Å². The van der Waals surface area contributed by atoms with E-state index < -0.39 is 7.82 Å². The second-order valence-electron chi connectivity index (χ2n) is 10.3. The number of carbonyl (C=O) groups excluding carboxylic acids is 1. The lowest BCUT2D eigenvalue weighted by atomic mass is 10.0. The molecule has 0 saturated heterocycles. The SMILES string of the molecule is CCCCCCCCCCCCCCCCNC(=O)N(C)CCO.C[N+](C)(C)CCOP(=O)(O)O. The minimum absolute atomic E-state index is 0.0166. The Morgan fingerprint density at radius 2 is 1.29 bits per heavy atom. The van der Waals surface area contributed by atoms with Crippen molar-refractivity contribution >= 4 is 13.9 Å². The maximum atomic E-state index is 11.6. The van der Waals surface area contributed by atoms with Crippen molar-refractivity contribution in [2.24, 2.45) is 0 Å². The van der Waals surface area contributed by atoms with E-state index in [0.717, 1.165) is 13.0 Å². The summed E-state index contributed by atoms with van der Waals surface area (Å²) in [7, 11) is 3.20. The average Bonchev–Trinajstić information content (AvgIpc) is 2.75. The number of nitrogens with zero attached hydrogens (tertiary/aromatic N) is 2. The van der Waals surface area contributed by atoms with E-state index in [9.17, 15) is 9.36 Å². The molecule has 0 aromatic carbocycles. The normalized spacial score (nSPS) is 11.7. The van der Waals surface area contributed by atoms with Crippen molar-refractivity contribution in [3.05, 3.63) is 0 Å². The Morgan fingerprint density at radius 3 is 1.66 bits per heavy atom. The number of amides is 2. The summed E-state index contributed by atoms with van der Waals surface area (Å²) in [5.41, 5.74) is 0. The predicted molar refractivity (Wildman–Crippen MR) is 144 cm³/mol. The zero-order valence-corrected chi connectivity index (χ0v) is 24.2. The van der Waals surface area contributed by atoms with Gasteiger partial charge in [-0.15, -0.1) is 0 Å². The number of phosphoric ester groups is 1. The molecule has 0 bridgehead atoms. The van der Waals surface area contributed by atoms with Gasteiger partial charge in [0.05, 0.1) is 27.7 Å². The molecule has 0 atom stereocenters. The van der Waals surface area contributed by atoms with E-state index in [1.165, 1.54) is 88.4 Å². The summed E-state index contributed by atoms with van der Waals surface area (Å²) in [5.74, 6) is 0. The second-order valence-corrected chi connectivity index (χ2v) is 11.6. The van der Waals surface area contributed by atoms with Crippen molar-refractivity contribution in [2.75, 3.05) is 61.0 Å². The van der Waals surface area contributed by atoms with Gasteiger partial charge in [0.25, 0.3) is 0 Å². The highest BCUT2D eigenvalue weighted by Crippen LogP contribution is 2.35. The quantitative estimate of drug-likeness (QED) is 0.0959. The summed E-state index contributed by atoms with van der Waals surface area (Å²) in [5, 5.41) is 11.7. The second kappa shape index (κ2) is 23.7. The summed E-state index contributed by atoms with van der Waals surface area (Å²) >= 11 is 0. The largest absolute Gasteiger partial charge is 0.469 e. The zero-order chi connectivity index (χ0) is 27.0. The molecule has 0 aromatic heterocycles. The van der Waals surface area contributed by atoms with Crippen LogP contribution in [0.5, 0.6) is 0 Å². The first-order valence-electron chi connectivity index (χ1n) is 13.5. The molecule has 0 rings (SSSR count). The van der Waals surface area contributed by atoms with E-state index in [2.05, 4.69) is 16.8 Å². The van der Waals surface area contributed by atoms with Crippen LogP contribution in [-0.2, 0) is 9.09 Å². The first-order chi connectivity index (χ1) is 16.4. The third kappa shape index (κ3) is 33.3. The number of urea groups is 1. The van der Waals surface area contributed by atoms with Gasteiger partial charge in [-0.2, -0.15) is 0 Å². The Bertz CT molecular complexity index is 526. The number of carbonyl (C=O) groups is 1. The molecule has 0 heterocycles. The third-order valence-electron chi connectivity index (χ3n) is 5.61. The maximum absolute atomic E-state index is 11.6. The highest BCUT2D eigenvalue weighted by atomic mass is 31.2. The average molecular weight is 527 g/mol. The van der Waals surface area contributed by atoms with Gasteiger partial charge in [-0.25, -0.2) is 9.36 Å². The molecule has 35 heavy (non-hydrogen) atoms. The highest BCUT2D eigenvalue weighted by Gasteiger charge is 2.16. The molecular formula is C25H57N3O6P+. The standard InChI is InChI=1S/C20H42N2O2.C5H14NO4P/c1-3-4-5-6-7-8-9-10-11-12-13-14-15-16-17-21-20(24)22(2)18-19-23;1-6(2,3)4-5-10-11(7,8)9/h23H,3-19H2,1-2H3,(H,21,24);4-5H2,1-3H3,(H-,7,8,9)/p+1. The third-order valence-corrected chi connectivity index (χ3v) is 6.13. The van der Waals surface area contributed by atoms with E-state index in [4.69, 9.17) is 14.9 Å². The van der Waals surface area contributed by atoms with Crippen LogP contribution in [-0.4, -0.2) is 91.3 Å². The van der Waals surface area contributed by atoms with Gasteiger partial charge in [0.2, 0.25) is 0 Å². The lowest BCUT2D eigenvalue weighted by Gasteiger charge is -2.23. The Morgan fingerprint density at radius 1 is 0.857 bits per heavy atom. The molecule has 0 aliphatic rings. The van der Waals surface area contributed by atoms with Crippen LogP contribution >= 0.6 is 7.82 Å². The number of hydrogen-bond acceptors (Lipinski definition) is 4. The molecule has 0 spiro atoms. The molecule has 10 heteroatoms. The smallest absolute Gasteiger partial charge is 0.395 e. The van der Waals surface area contributed by atoms with E-state index in [0.29, 0.717) is 17.6 Å². The van der Waals surface area contributed by atoms with Gasteiger partial charge < -0.3 is 29.6 Å². The number of nitrogens with one attached hydrogen (secondary N) is 1. The summed E-state index contributed by atoms with van der Waals surface area (Å²) in [6.45, 7) is 4.08. The van der Waals surface area contributed by atoms with Gasteiger partial charge in [-0.05, 0) is 6.42 Å². The lowest BCUT2D eigenvalue weighted by Crippen LogP contribution is -2.39. The number of hydrogen-bond donors (Lipinski definition) is 4. The molecular weight excluding hydrogens is 469 g/mol. The Kier molecular flexibility index (Phi) is 24.7. The predicted octanol–water partition coefficient (Wildman–Crippen LogP) is 4.90. The van der Waals surface area contributed by atoms with Crippen LogP contribution in [0.25, 0.3) is 0 Å². The monoisotopic (exact) mass is 526 g/mol. The molecule has 0 saturated carbocycles. The minimum atomic E-state index is -4.26. The van der Waals surface area contributed by atoms with Crippen LogP contribution in [0.15, 0.2) is 0 Å². The first kappa shape index (κ1) is 36.5. The van der Waals surface area contributed by atoms with Gasteiger partial charge in [-0.3, -0.25) is 4.52 Å². The van der Waals surface area contributed by atoms with E-state index in [1.54, 1.807) is 7.05 Å². The van der Waals surface area contributed by atoms with E-state index in [1.807, 2.05) is 21.1 Å². The van der Waals surface area contributed by atoms with Crippen LogP contribution in [0.1, 0.15) is 96.8 Å². The fraction of sp³-hybridized carbons (Fsp3) is 0.960. The first-order valence-corrected chi connectivity index (χ1v) is 15.1. The van der Waals surface area contributed by atoms with Gasteiger partial charge in [0, 0.05) is 20.1 Å². The zero-order valence-electron chi connectivity index (χ0n) is 23.3. The Balaban J connectivity index is 0. The molecule has 0 radical (unpaired) electrons. The van der Waals surface area contributed by atoms with Crippen LogP contribution < -0.4 is 5.32 Å². The van der Waals surface area contributed by atoms with Crippen molar-refractivity contribution in [1.29, 1.82) is 0 Å². The Labute approximate surface area is 215 Å². The van der Waals surface area contributed by atoms with Crippen molar-refractivity contribution in [3.8, 4) is 0 Å². The Hall–Kier alpha value is -0.700. The fourth-order valence-corrected chi connectivity index (χ4v) is 3.65. The fourth-order valence-electron chi connectivity index (χ4n) is 3.33. The molecule has 0 unspecified atom stereocenters. The van der Waals surface area contributed by atoms with E-state index in [-0.39, 0.29) is 19.2 Å². The minimum Gasteiger partial charge on any atom is -0.395 e. The summed E-state index contributed by atoms with van der Waals surface area (Å²) in [6, 6.07) is -0.0845. The number of rotatable bonds is 21. The van der Waals surface area contributed by atoms with Crippen molar-refractivity contribution < 1.29 is 33.3 Å². The van der Waals surface area contributed by atoms with Crippen molar-refractivity contribution in [2.45, 2.75) is 96.8 Å². The maximum Gasteiger partial charge on any atom is 0.469 e. The van der Waals surface area contributed by atoms with Crippen LogP contribution in [0.3, 0.4) is 0 Å². The molecule has 212 valence electrons. The van der Waals surface area contributed by atoms with E-state index >= 15 is 0 Å². The number of phosphoric acid groups is 1. The number of aliphatic hydroxyl groups excluding tert-OH is 1. The van der Waals surface area contributed by atoms with Gasteiger partial charge in [0.1, 0.15) is 13.2 Å². The number of quaternary nitrogens is 1. The van der Waals surface area contributed by atoms with Gasteiger partial charge in [-0.1, -0.05) is 90.4 Å². The van der Waals surface area contributed by atoms with Crippen LogP contribution in [0.4, 0.5) is 4.79 Å². The van der Waals surface area contributed by atoms with Crippen LogP contribution in [0, 0.1) is 0 Å². The highest BCUT2D eigenvalue weighted by molar-refractivity contribution is 7.46. The summed E-state index contributed by atoms with van der Waals surface area (Å²) < 4.78 is 15.1. The molecule has 0 aliphatic carbocycles. The molecule has 4 N–H and O–H groups in total. The molecule has 9 nitrogen and oxygen atoms in total. The number of unbranched alkanes of at least 4 members (excludes halogenated alkanes) is 13. The summed E-state index contributed by atoms with van der Waals surface area (Å²) in [4.78, 5) is 29.7. The molecule has 0 fully saturated rings. The molecule has 2 amide bonds. The van der Waals surface area contributed by atoms with Crippen molar-refractivity contribution in [3.63, 3.8) is 0 Å². The van der Waals surface area contributed by atoms with Crippen molar-refractivity contribution in [1.82, 2.24) is 10.2 Å². The number of likely N-dealkylation sites (N-methyl/N-ethyl adjacent to an activating group) is 2. The lowest BCUT2D eigenvalue weighted by molar-refractivity contribution is -0.870. The molecule has 0 aliphatic heterocycles. The van der Waals surface area contributed by atoms with Gasteiger partial charge in [0.15, 0.2) is 0 Å². The number of aliphatic hydroxyl groups is 1. The molecule has 0 aromatic rings. The van der Waals surface area contributed by atoms with Gasteiger partial charge >= 0.3 is 13.9 Å².